The van der Waals surface area contributed by atoms with Gasteiger partial charge in [-0.15, -0.1) is 0 Å². The molecule has 218 valence electrons. The zero-order valence-corrected chi connectivity index (χ0v) is 23.9. The third-order valence-electron chi connectivity index (χ3n) is 7.45. The van der Waals surface area contributed by atoms with E-state index in [1.807, 2.05) is 24.3 Å². The summed E-state index contributed by atoms with van der Waals surface area (Å²) in [6.45, 7) is 4.41. The van der Waals surface area contributed by atoms with Crippen LogP contribution in [0.4, 0.5) is 11.5 Å². The summed E-state index contributed by atoms with van der Waals surface area (Å²) in [6.07, 6.45) is 5.95. The van der Waals surface area contributed by atoms with E-state index in [1.165, 1.54) is 4.52 Å². The van der Waals surface area contributed by atoms with Crippen LogP contribution in [0.3, 0.4) is 0 Å². The molecular formula is C32H28N10O2. The van der Waals surface area contributed by atoms with Crippen LogP contribution < -0.4 is 15.1 Å². The van der Waals surface area contributed by atoms with Gasteiger partial charge in [-0.25, -0.2) is 14.5 Å². The molecule has 44 heavy (non-hydrogen) atoms. The number of phenolic OH excluding ortho intramolecular Hbond substituents is 1. The molecule has 1 atom stereocenters. The number of amides is 1. The molecular weight excluding hydrogens is 556 g/mol. The van der Waals surface area contributed by atoms with Crippen LogP contribution in [0.2, 0.25) is 0 Å². The molecule has 6 rings (SSSR count). The molecule has 0 saturated carbocycles. The van der Waals surface area contributed by atoms with E-state index in [9.17, 15) is 15.2 Å². The van der Waals surface area contributed by atoms with Gasteiger partial charge in [0.2, 0.25) is 0 Å². The van der Waals surface area contributed by atoms with E-state index in [1.54, 1.807) is 48.9 Å². The molecule has 0 aliphatic carbocycles. The molecule has 5 heterocycles. The Morgan fingerprint density at radius 3 is 2.86 bits per heavy atom. The number of anilines is 2. The number of aromatic nitrogens is 6. The van der Waals surface area contributed by atoms with Gasteiger partial charge in [0.05, 0.1) is 29.7 Å². The van der Waals surface area contributed by atoms with E-state index in [4.69, 9.17) is 4.98 Å². The van der Waals surface area contributed by atoms with E-state index in [-0.39, 0.29) is 29.9 Å². The monoisotopic (exact) mass is 584 g/mol. The van der Waals surface area contributed by atoms with E-state index >= 15 is 0 Å². The summed E-state index contributed by atoms with van der Waals surface area (Å²) in [7, 11) is 0. The minimum atomic E-state index is -0.368. The summed E-state index contributed by atoms with van der Waals surface area (Å²) in [4.78, 5) is 25.9. The van der Waals surface area contributed by atoms with Crippen molar-refractivity contribution in [1.29, 1.82) is 5.26 Å². The first kappa shape index (κ1) is 28.1. The smallest absolute Gasteiger partial charge is 0.272 e. The average Bonchev–Trinajstić information content (AvgIpc) is 3.40. The lowest BCUT2D eigenvalue weighted by atomic mass is 10.1. The molecule has 4 aromatic heterocycles. The Labute approximate surface area is 253 Å². The van der Waals surface area contributed by atoms with E-state index in [0.29, 0.717) is 41.3 Å². The topological polar surface area (TPSA) is 148 Å². The maximum absolute atomic E-state index is 12.5. The molecule has 1 amide bonds. The molecule has 2 N–H and O–H groups in total. The summed E-state index contributed by atoms with van der Waals surface area (Å²) in [6, 6.07) is 18.3. The Morgan fingerprint density at radius 2 is 2.02 bits per heavy atom. The van der Waals surface area contributed by atoms with Crippen LogP contribution in [0.1, 0.15) is 35.1 Å². The molecule has 0 bridgehead atoms. The number of carbonyl (C=O) groups excluding carboxylic acids is 1. The minimum Gasteiger partial charge on any atom is -0.507 e. The first-order valence-electron chi connectivity index (χ1n) is 14.1. The highest BCUT2D eigenvalue weighted by molar-refractivity contribution is 5.93. The number of nitrogens with zero attached hydrogens (tertiary/aromatic N) is 9. The lowest BCUT2D eigenvalue weighted by Gasteiger charge is -2.28. The summed E-state index contributed by atoms with van der Waals surface area (Å²) >= 11 is 0. The molecule has 1 saturated heterocycles. The number of nitriles is 1. The second-order valence-electron chi connectivity index (χ2n) is 10.2. The Hall–Kier alpha value is -6.01. The summed E-state index contributed by atoms with van der Waals surface area (Å²) in [5.41, 5.74) is 3.70. The van der Waals surface area contributed by atoms with Crippen LogP contribution in [0.15, 0.2) is 73.2 Å². The Balaban J connectivity index is 1.14. The number of benzene rings is 1. The number of pyridine rings is 1. The van der Waals surface area contributed by atoms with Crippen molar-refractivity contribution >= 4 is 23.1 Å². The van der Waals surface area contributed by atoms with Gasteiger partial charge in [-0.1, -0.05) is 18.1 Å². The normalized spacial score (nSPS) is 14.8. The van der Waals surface area contributed by atoms with Gasteiger partial charge in [-0.3, -0.25) is 4.79 Å². The van der Waals surface area contributed by atoms with Gasteiger partial charge in [0.25, 0.3) is 5.91 Å². The van der Waals surface area contributed by atoms with Gasteiger partial charge in [-0.2, -0.15) is 20.6 Å². The number of fused-ring (bicyclic) bond motifs is 1. The molecule has 1 fully saturated rings. The average molecular weight is 585 g/mol. The predicted octanol–water partition coefficient (Wildman–Crippen LogP) is 3.05. The highest BCUT2D eigenvalue weighted by atomic mass is 16.3. The standard InChI is InChI=1S/C32H28N10O2/c1-22-11-15-40(24-18-27(38-36-21-24)25-6-2-3-8-29(25)43)16-17-41(22)30-10-9-23(20-33)26(37-30)7-4-12-35-32(44)28-19-31-34-13-5-14-42(31)39-28/h2-3,5-6,8-10,13-14,18-19,21-22,43H,11-12,15-17H2,1H3,(H,35,44)/t22-/m1/s1. The maximum atomic E-state index is 12.5. The first-order chi connectivity index (χ1) is 21.5. The quantitative estimate of drug-likeness (QED) is 0.295. The lowest BCUT2D eigenvalue weighted by molar-refractivity contribution is 0.0953. The van der Waals surface area contributed by atoms with Crippen LogP contribution in [0, 0.1) is 23.2 Å². The van der Waals surface area contributed by atoms with Crippen molar-refractivity contribution in [2.75, 3.05) is 36.0 Å². The fourth-order valence-electron chi connectivity index (χ4n) is 5.09. The highest BCUT2D eigenvalue weighted by Crippen LogP contribution is 2.30. The Kier molecular flexibility index (Phi) is 7.97. The minimum absolute atomic E-state index is 0.0642. The van der Waals surface area contributed by atoms with Crippen molar-refractivity contribution in [1.82, 2.24) is 35.1 Å². The second kappa shape index (κ2) is 12.5. The molecule has 0 unspecified atom stereocenters. The predicted molar refractivity (Wildman–Crippen MR) is 164 cm³/mol. The molecule has 1 aliphatic heterocycles. The van der Waals surface area contributed by atoms with E-state index < -0.39 is 0 Å². The van der Waals surface area contributed by atoms with Crippen molar-refractivity contribution in [3.05, 3.63) is 90.1 Å². The van der Waals surface area contributed by atoms with Crippen molar-refractivity contribution in [3.63, 3.8) is 0 Å². The van der Waals surface area contributed by atoms with E-state index in [2.05, 4.69) is 60.2 Å². The molecule has 12 nitrogen and oxygen atoms in total. The molecule has 1 aliphatic rings. The summed E-state index contributed by atoms with van der Waals surface area (Å²) in [5.74, 6) is 6.39. The third-order valence-corrected chi connectivity index (χ3v) is 7.45. The SMILES string of the molecule is C[C@@H]1CCN(c2cnnc(-c3ccccc3O)c2)CCN1c1ccc(C#N)c(C#CCNC(=O)c2cc3ncccn3n2)n1. The number of hydrogen-bond donors (Lipinski definition) is 2. The van der Waals surface area contributed by atoms with Crippen molar-refractivity contribution in [2.45, 2.75) is 19.4 Å². The van der Waals surface area contributed by atoms with Gasteiger partial charge in [0, 0.05) is 49.7 Å². The van der Waals surface area contributed by atoms with Gasteiger partial charge >= 0.3 is 0 Å². The zero-order chi connectivity index (χ0) is 30.5. The fourth-order valence-corrected chi connectivity index (χ4v) is 5.09. The number of rotatable bonds is 5. The van der Waals surface area contributed by atoms with Crippen LogP contribution in [-0.4, -0.2) is 73.0 Å². The molecule has 0 spiro atoms. The Bertz CT molecular complexity index is 1900. The lowest BCUT2D eigenvalue weighted by Crippen LogP contribution is -2.35. The van der Waals surface area contributed by atoms with Crippen LogP contribution in [-0.2, 0) is 0 Å². The van der Waals surface area contributed by atoms with Gasteiger partial charge < -0.3 is 20.2 Å². The van der Waals surface area contributed by atoms with Crippen molar-refractivity contribution < 1.29 is 9.90 Å². The molecule has 5 aromatic rings. The number of carbonyl (C=O) groups is 1. The van der Waals surface area contributed by atoms with E-state index in [0.717, 1.165) is 24.5 Å². The van der Waals surface area contributed by atoms with Gasteiger partial charge in [-0.05, 0) is 55.7 Å². The van der Waals surface area contributed by atoms with Gasteiger partial charge in [0.15, 0.2) is 11.3 Å². The number of hydrogen-bond acceptors (Lipinski definition) is 10. The summed E-state index contributed by atoms with van der Waals surface area (Å²) in [5, 5.41) is 35.3. The fraction of sp³-hybridized carbons (Fsp3) is 0.219. The largest absolute Gasteiger partial charge is 0.507 e. The summed E-state index contributed by atoms with van der Waals surface area (Å²) < 4.78 is 1.53. The van der Waals surface area contributed by atoms with Crippen LogP contribution in [0.5, 0.6) is 5.75 Å². The van der Waals surface area contributed by atoms with Crippen molar-refractivity contribution in [3.8, 4) is 34.9 Å². The molecule has 0 radical (unpaired) electrons. The first-order valence-corrected chi connectivity index (χ1v) is 14.1. The molecule has 1 aromatic carbocycles. The van der Waals surface area contributed by atoms with Crippen molar-refractivity contribution in [2.24, 2.45) is 0 Å². The molecule has 12 heteroatoms. The maximum Gasteiger partial charge on any atom is 0.272 e. The number of aromatic hydroxyl groups is 1. The number of para-hydroxylation sites is 1. The van der Waals surface area contributed by atoms with Crippen LogP contribution in [0.25, 0.3) is 16.9 Å². The number of phenols is 1. The highest BCUT2D eigenvalue weighted by Gasteiger charge is 2.23. The van der Waals surface area contributed by atoms with Gasteiger partial charge in [0.1, 0.15) is 23.3 Å². The number of nitrogens with one attached hydrogen (secondary N) is 1. The second-order valence-corrected chi connectivity index (χ2v) is 10.2. The third kappa shape index (κ3) is 5.96. The Morgan fingerprint density at radius 1 is 1.14 bits per heavy atom. The van der Waals surface area contributed by atoms with Crippen LogP contribution >= 0.6 is 0 Å². The zero-order valence-electron chi connectivity index (χ0n) is 23.9.